The summed E-state index contributed by atoms with van der Waals surface area (Å²) in [4.78, 5) is 66.6. The van der Waals surface area contributed by atoms with Crippen LogP contribution in [0.25, 0.3) is 0 Å². The summed E-state index contributed by atoms with van der Waals surface area (Å²) in [7, 11) is 3.11. The monoisotopic (exact) mass is 442 g/mol. The molecule has 0 aliphatic heterocycles. The molecule has 6 atom stereocenters. The van der Waals surface area contributed by atoms with Gasteiger partial charge in [0.15, 0.2) is 34.7 Å². The molecule has 9 heteroatoms. The molecule has 4 N–H and O–H groups in total. The number of likely N-dealkylation sites (N-methyl/N-ethyl adjacent to an activating group) is 1. The molecule has 0 spiro atoms. The van der Waals surface area contributed by atoms with Crippen molar-refractivity contribution >= 4 is 29.0 Å². The SMILES string of the molecule is Cc1cc(C)c2c(c1O)C(=O)C1C(=O)[C@]3(O)C(=O)C(C(N)=O)C(=O)[C@@H](N(C)C)[C@@H]3C[C@@H]1C2. The maximum Gasteiger partial charge on any atom is 0.235 e. The summed E-state index contributed by atoms with van der Waals surface area (Å²) in [5.74, 6) is -10.1. The largest absolute Gasteiger partial charge is 0.507 e. The standard InChI is InChI=1S/C23H26N2O7/c1-8-5-9(2)17(26)14-11(8)6-10-7-12-16(25(3)4)19(28)15(22(24)31)21(30)23(12,32)20(29)13(10)18(14)27/h5,10,12-13,15-16,26,32H,6-7H2,1-4H3,(H2,24,31)/t10-,12-,13?,15?,16-,23-/m0/s1. The molecule has 3 aliphatic rings. The number of phenolic OH excluding ortho intramolecular Hbond substituents is 1. The molecule has 0 bridgehead atoms. The molecular formula is C23H26N2O7. The number of aliphatic hydroxyl groups is 1. The topological polar surface area (TPSA) is 155 Å². The Bertz CT molecular complexity index is 1110. The minimum Gasteiger partial charge on any atom is -0.507 e. The van der Waals surface area contributed by atoms with Gasteiger partial charge in [-0.05, 0) is 63.4 Å². The Morgan fingerprint density at radius 1 is 1.12 bits per heavy atom. The van der Waals surface area contributed by atoms with E-state index >= 15 is 0 Å². The molecule has 0 heterocycles. The molecule has 1 aromatic carbocycles. The fourth-order valence-corrected chi connectivity index (χ4v) is 6.03. The first kappa shape index (κ1) is 22.3. The third-order valence-corrected chi connectivity index (χ3v) is 7.47. The highest BCUT2D eigenvalue weighted by molar-refractivity contribution is 6.32. The van der Waals surface area contributed by atoms with E-state index in [1.54, 1.807) is 27.1 Å². The van der Waals surface area contributed by atoms with Crippen LogP contribution in [0, 0.1) is 37.5 Å². The van der Waals surface area contributed by atoms with Gasteiger partial charge in [-0.15, -0.1) is 0 Å². The molecule has 0 aromatic heterocycles. The van der Waals surface area contributed by atoms with Gasteiger partial charge in [0.2, 0.25) is 5.91 Å². The van der Waals surface area contributed by atoms with E-state index in [9.17, 15) is 34.2 Å². The second-order valence-corrected chi connectivity index (χ2v) is 9.50. The number of nitrogens with two attached hydrogens (primary N) is 1. The van der Waals surface area contributed by atoms with E-state index < -0.39 is 64.4 Å². The van der Waals surface area contributed by atoms with Crippen molar-refractivity contribution in [3.63, 3.8) is 0 Å². The van der Waals surface area contributed by atoms with Gasteiger partial charge in [-0.2, -0.15) is 0 Å². The third-order valence-electron chi connectivity index (χ3n) is 7.47. The van der Waals surface area contributed by atoms with Crippen LogP contribution in [0.2, 0.25) is 0 Å². The fourth-order valence-electron chi connectivity index (χ4n) is 6.03. The van der Waals surface area contributed by atoms with Crippen molar-refractivity contribution in [2.45, 2.75) is 38.3 Å². The van der Waals surface area contributed by atoms with E-state index in [1.807, 2.05) is 6.92 Å². The number of aromatic hydroxyl groups is 1. The quantitative estimate of drug-likeness (QED) is 0.517. The number of aryl methyl sites for hydroxylation is 2. The van der Waals surface area contributed by atoms with Gasteiger partial charge >= 0.3 is 0 Å². The summed E-state index contributed by atoms with van der Waals surface area (Å²) in [6.07, 6.45) is 0.337. The van der Waals surface area contributed by atoms with Crippen LogP contribution in [0.5, 0.6) is 5.75 Å². The average Bonchev–Trinajstić information content (AvgIpc) is 2.68. The van der Waals surface area contributed by atoms with Crippen molar-refractivity contribution in [1.29, 1.82) is 0 Å². The lowest BCUT2D eigenvalue weighted by atomic mass is 9.52. The minimum absolute atomic E-state index is 0.0362. The zero-order chi connectivity index (χ0) is 23.9. The number of benzene rings is 1. The molecule has 2 saturated carbocycles. The van der Waals surface area contributed by atoms with Gasteiger partial charge in [-0.25, -0.2) is 0 Å². The van der Waals surface area contributed by atoms with E-state index in [0.29, 0.717) is 11.1 Å². The number of fused-ring (bicyclic) bond motifs is 3. The number of carbonyl (C=O) groups is 5. The summed E-state index contributed by atoms with van der Waals surface area (Å²) < 4.78 is 0. The van der Waals surface area contributed by atoms with Crippen LogP contribution in [-0.2, 0) is 25.6 Å². The van der Waals surface area contributed by atoms with E-state index in [0.717, 1.165) is 5.56 Å². The van der Waals surface area contributed by atoms with E-state index in [2.05, 4.69) is 0 Å². The number of amides is 1. The molecule has 2 unspecified atom stereocenters. The summed E-state index contributed by atoms with van der Waals surface area (Å²) in [5, 5.41) is 22.0. The molecule has 0 saturated heterocycles. The normalized spacial score (nSPS) is 34.2. The predicted molar refractivity (Wildman–Crippen MR) is 111 cm³/mol. The lowest BCUT2D eigenvalue weighted by Crippen LogP contribution is -2.74. The first-order valence-corrected chi connectivity index (χ1v) is 10.5. The second kappa shape index (κ2) is 7.05. The summed E-state index contributed by atoms with van der Waals surface area (Å²) >= 11 is 0. The zero-order valence-corrected chi connectivity index (χ0v) is 18.3. The number of carbonyl (C=O) groups excluding carboxylic acids is 5. The number of rotatable bonds is 2. The van der Waals surface area contributed by atoms with E-state index in [-0.39, 0.29) is 24.2 Å². The van der Waals surface area contributed by atoms with Crippen LogP contribution in [0.1, 0.15) is 33.5 Å². The molecule has 1 aromatic rings. The summed E-state index contributed by atoms with van der Waals surface area (Å²) in [6, 6.07) is 0.667. The molecule has 0 radical (unpaired) electrons. The molecule has 1 amide bonds. The van der Waals surface area contributed by atoms with Gasteiger partial charge in [0.25, 0.3) is 0 Å². The summed E-state index contributed by atoms with van der Waals surface area (Å²) in [5.41, 5.74) is 4.54. The third kappa shape index (κ3) is 2.67. The van der Waals surface area contributed by atoms with Crippen LogP contribution < -0.4 is 5.73 Å². The van der Waals surface area contributed by atoms with Crippen molar-refractivity contribution in [1.82, 2.24) is 4.90 Å². The lowest BCUT2D eigenvalue weighted by Gasteiger charge is -2.52. The highest BCUT2D eigenvalue weighted by Gasteiger charge is 2.69. The summed E-state index contributed by atoms with van der Waals surface area (Å²) in [6.45, 7) is 3.46. The molecule has 3 aliphatic carbocycles. The maximum absolute atomic E-state index is 13.6. The molecule has 4 rings (SSSR count). The van der Waals surface area contributed by atoms with Crippen LogP contribution in [0.15, 0.2) is 6.07 Å². The Balaban J connectivity index is 1.89. The number of hydrogen-bond donors (Lipinski definition) is 3. The van der Waals surface area contributed by atoms with Crippen molar-refractivity contribution < 1.29 is 34.2 Å². The number of nitrogens with zero attached hydrogens (tertiary/aromatic N) is 1. The number of primary amides is 1. The van der Waals surface area contributed by atoms with Gasteiger partial charge in [-0.1, -0.05) is 6.07 Å². The maximum atomic E-state index is 13.6. The van der Waals surface area contributed by atoms with E-state index in [1.165, 1.54) is 4.90 Å². The van der Waals surface area contributed by atoms with Gasteiger partial charge in [0.1, 0.15) is 5.75 Å². The number of Topliss-reactive ketones (excluding diaryl/α,β-unsaturated/α-hetero) is 4. The minimum atomic E-state index is -2.69. The van der Waals surface area contributed by atoms with Crippen molar-refractivity contribution in [2.75, 3.05) is 14.1 Å². The van der Waals surface area contributed by atoms with Crippen molar-refractivity contribution in [3.05, 3.63) is 28.3 Å². The Hall–Kier alpha value is -2.91. The lowest BCUT2D eigenvalue weighted by molar-refractivity contribution is -0.181. The van der Waals surface area contributed by atoms with Crippen LogP contribution >= 0.6 is 0 Å². The Labute approximate surface area is 184 Å². The van der Waals surface area contributed by atoms with E-state index in [4.69, 9.17) is 5.73 Å². The van der Waals surface area contributed by atoms with Gasteiger partial charge in [-0.3, -0.25) is 28.9 Å². The van der Waals surface area contributed by atoms with Crippen molar-refractivity contribution in [3.8, 4) is 5.75 Å². The Morgan fingerprint density at radius 2 is 1.75 bits per heavy atom. The van der Waals surface area contributed by atoms with Crippen LogP contribution in [0.3, 0.4) is 0 Å². The predicted octanol–water partition coefficient (Wildman–Crippen LogP) is -0.516. The van der Waals surface area contributed by atoms with Crippen LogP contribution in [0.4, 0.5) is 0 Å². The Kier molecular flexibility index (Phi) is 4.91. The van der Waals surface area contributed by atoms with Gasteiger partial charge in [0.05, 0.1) is 17.5 Å². The average molecular weight is 442 g/mol. The van der Waals surface area contributed by atoms with Gasteiger partial charge < -0.3 is 15.9 Å². The van der Waals surface area contributed by atoms with Crippen LogP contribution in [-0.4, -0.2) is 69.9 Å². The van der Waals surface area contributed by atoms with Gasteiger partial charge in [0, 0.05) is 5.92 Å². The molecular weight excluding hydrogens is 416 g/mol. The Morgan fingerprint density at radius 3 is 2.31 bits per heavy atom. The highest BCUT2D eigenvalue weighted by Crippen LogP contribution is 2.51. The number of hydrogen-bond acceptors (Lipinski definition) is 8. The molecule has 2 fully saturated rings. The molecule has 170 valence electrons. The second-order valence-electron chi connectivity index (χ2n) is 9.50. The first-order chi connectivity index (χ1) is 14.8. The van der Waals surface area contributed by atoms with Crippen molar-refractivity contribution in [2.24, 2.45) is 29.4 Å². The number of phenols is 1. The fraction of sp³-hybridized carbons (Fsp3) is 0.522. The zero-order valence-electron chi connectivity index (χ0n) is 18.3. The number of ketones is 4. The molecule has 9 nitrogen and oxygen atoms in total. The molecule has 32 heavy (non-hydrogen) atoms. The smallest absolute Gasteiger partial charge is 0.235 e. The highest BCUT2D eigenvalue weighted by atomic mass is 16.3. The first-order valence-electron chi connectivity index (χ1n) is 10.5.